The van der Waals surface area contributed by atoms with Gasteiger partial charge in [-0.05, 0) is 25.2 Å². The Bertz CT molecular complexity index is 134. The molecule has 0 aliphatic carbocycles. The molecule has 0 bridgehead atoms. The van der Waals surface area contributed by atoms with Crippen LogP contribution in [0.4, 0.5) is 0 Å². The van der Waals surface area contributed by atoms with E-state index in [1.165, 1.54) is 0 Å². The van der Waals surface area contributed by atoms with E-state index in [0.717, 1.165) is 19.4 Å². The SMILES string of the molecule is CCC(C)(CN)OCCC(C)(C)C. The molecule has 0 rings (SSSR count). The van der Waals surface area contributed by atoms with E-state index in [9.17, 15) is 0 Å². The minimum atomic E-state index is -0.120. The molecule has 0 aromatic rings. The van der Waals surface area contributed by atoms with Gasteiger partial charge in [-0.25, -0.2) is 0 Å². The molecule has 0 fully saturated rings. The molecular weight excluding hydrogens is 162 g/mol. The van der Waals surface area contributed by atoms with Gasteiger partial charge in [0.25, 0.3) is 0 Å². The number of nitrogens with two attached hydrogens (primary N) is 1. The number of rotatable bonds is 5. The minimum Gasteiger partial charge on any atom is -0.374 e. The van der Waals surface area contributed by atoms with Crippen molar-refractivity contribution in [2.24, 2.45) is 11.1 Å². The van der Waals surface area contributed by atoms with Crippen LogP contribution < -0.4 is 5.73 Å². The van der Waals surface area contributed by atoms with Crippen molar-refractivity contribution in [1.29, 1.82) is 0 Å². The molecule has 0 saturated heterocycles. The van der Waals surface area contributed by atoms with Crippen molar-refractivity contribution in [1.82, 2.24) is 0 Å². The average molecular weight is 187 g/mol. The molecule has 13 heavy (non-hydrogen) atoms. The first-order valence-corrected chi connectivity index (χ1v) is 5.17. The molecule has 1 atom stereocenters. The van der Waals surface area contributed by atoms with E-state index in [2.05, 4.69) is 34.6 Å². The first kappa shape index (κ1) is 12.9. The van der Waals surface area contributed by atoms with Gasteiger partial charge in [0.2, 0.25) is 0 Å². The van der Waals surface area contributed by atoms with E-state index in [0.29, 0.717) is 12.0 Å². The maximum Gasteiger partial charge on any atom is 0.0773 e. The van der Waals surface area contributed by atoms with Crippen molar-refractivity contribution in [3.63, 3.8) is 0 Å². The summed E-state index contributed by atoms with van der Waals surface area (Å²) in [4.78, 5) is 0. The molecule has 2 N–H and O–H groups in total. The molecule has 2 nitrogen and oxygen atoms in total. The fraction of sp³-hybridized carbons (Fsp3) is 1.00. The van der Waals surface area contributed by atoms with Crippen molar-refractivity contribution in [2.75, 3.05) is 13.2 Å². The van der Waals surface area contributed by atoms with Gasteiger partial charge in [0, 0.05) is 13.2 Å². The fourth-order valence-electron chi connectivity index (χ4n) is 0.909. The molecule has 2 heteroatoms. The number of hydrogen-bond donors (Lipinski definition) is 1. The molecule has 0 heterocycles. The summed E-state index contributed by atoms with van der Waals surface area (Å²) in [5, 5.41) is 0. The van der Waals surface area contributed by atoms with Gasteiger partial charge in [-0.15, -0.1) is 0 Å². The van der Waals surface area contributed by atoms with Gasteiger partial charge in [-0.1, -0.05) is 27.7 Å². The Morgan fingerprint density at radius 2 is 1.69 bits per heavy atom. The van der Waals surface area contributed by atoms with Crippen molar-refractivity contribution in [3.05, 3.63) is 0 Å². The minimum absolute atomic E-state index is 0.120. The predicted molar refractivity (Wildman–Crippen MR) is 57.8 cm³/mol. The van der Waals surface area contributed by atoms with Gasteiger partial charge in [-0.2, -0.15) is 0 Å². The summed E-state index contributed by atoms with van der Waals surface area (Å²) < 4.78 is 5.78. The molecule has 0 radical (unpaired) electrons. The zero-order valence-electron chi connectivity index (χ0n) is 9.81. The van der Waals surface area contributed by atoms with Crippen LogP contribution in [-0.2, 0) is 4.74 Å². The molecule has 0 saturated carbocycles. The summed E-state index contributed by atoms with van der Waals surface area (Å²) >= 11 is 0. The van der Waals surface area contributed by atoms with Crippen molar-refractivity contribution >= 4 is 0 Å². The summed E-state index contributed by atoms with van der Waals surface area (Å²) in [6.07, 6.45) is 2.07. The molecule has 0 aliphatic rings. The molecule has 0 aromatic heterocycles. The highest BCUT2D eigenvalue weighted by Crippen LogP contribution is 2.21. The molecular formula is C11H25NO. The maximum atomic E-state index is 5.78. The lowest BCUT2D eigenvalue weighted by Gasteiger charge is -2.29. The third-order valence-electron chi connectivity index (χ3n) is 2.48. The number of ether oxygens (including phenoxy) is 1. The van der Waals surface area contributed by atoms with Crippen LogP contribution in [0, 0.1) is 5.41 Å². The quantitative estimate of drug-likeness (QED) is 0.718. The zero-order valence-corrected chi connectivity index (χ0v) is 9.81. The van der Waals surface area contributed by atoms with E-state index < -0.39 is 0 Å². The molecule has 0 aliphatic heterocycles. The maximum absolute atomic E-state index is 5.78. The lowest BCUT2D eigenvalue weighted by Crippen LogP contribution is -2.37. The lowest BCUT2D eigenvalue weighted by molar-refractivity contribution is -0.0366. The standard InChI is InChI=1S/C11H25NO/c1-6-11(5,9-12)13-8-7-10(2,3)4/h6-9,12H2,1-5H3. The van der Waals surface area contributed by atoms with Gasteiger partial charge in [0.15, 0.2) is 0 Å². The molecule has 0 spiro atoms. The van der Waals surface area contributed by atoms with Crippen LogP contribution in [0.5, 0.6) is 0 Å². The molecule has 0 amide bonds. The predicted octanol–water partition coefficient (Wildman–Crippen LogP) is 2.57. The van der Waals surface area contributed by atoms with Gasteiger partial charge >= 0.3 is 0 Å². The first-order chi connectivity index (χ1) is 5.83. The normalized spacial score (nSPS) is 17.1. The monoisotopic (exact) mass is 187 g/mol. The zero-order chi connectivity index (χ0) is 10.5. The second-order valence-corrected chi connectivity index (χ2v) is 5.17. The third kappa shape index (κ3) is 6.05. The van der Waals surface area contributed by atoms with Crippen LogP contribution in [0.2, 0.25) is 0 Å². The summed E-state index contributed by atoms with van der Waals surface area (Å²) in [7, 11) is 0. The first-order valence-electron chi connectivity index (χ1n) is 5.17. The van der Waals surface area contributed by atoms with E-state index in [1.54, 1.807) is 0 Å². The van der Waals surface area contributed by atoms with Crippen LogP contribution in [0.1, 0.15) is 47.5 Å². The van der Waals surface area contributed by atoms with Crippen LogP contribution in [0.25, 0.3) is 0 Å². The molecule has 80 valence electrons. The highest BCUT2D eigenvalue weighted by atomic mass is 16.5. The van der Waals surface area contributed by atoms with Gasteiger partial charge in [-0.3, -0.25) is 0 Å². The number of hydrogen-bond acceptors (Lipinski definition) is 2. The second-order valence-electron chi connectivity index (χ2n) is 5.17. The van der Waals surface area contributed by atoms with E-state index >= 15 is 0 Å². The van der Waals surface area contributed by atoms with Crippen molar-refractivity contribution in [2.45, 2.75) is 53.1 Å². The highest BCUT2D eigenvalue weighted by molar-refractivity contribution is 4.74. The fourth-order valence-corrected chi connectivity index (χ4v) is 0.909. The summed E-state index contributed by atoms with van der Waals surface area (Å²) in [5.74, 6) is 0. The second kappa shape index (κ2) is 4.97. The Hall–Kier alpha value is -0.0800. The highest BCUT2D eigenvalue weighted by Gasteiger charge is 2.21. The Morgan fingerprint density at radius 1 is 1.15 bits per heavy atom. The Morgan fingerprint density at radius 3 is 2.00 bits per heavy atom. The summed E-state index contributed by atoms with van der Waals surface area (Å²) in [6.45, 7) is 12.3. The Balaban J connectivity index is 3.74. The van der Waals surface area contributed by atoms with Crippen molar-refractivity contribution in [3.8, 4) is 0 Å². The van der Waals surface area contributed by atoms with Crippen molar-refractivity contribution < 1.29 is 4.74 Å². The third-order valence-corrected chi connectivity index (χ3v) is 2.48. The van der Waals surface area contributed by atoms with E-state index in [-0.39, 0.29) is 5.60 Å². The smallest absolute Gasteiger partial charge is 0.0773 e. The van der Waals surface area contributed by atoms with E-state index in [4.69, 9.17) is 10.5 Å². The van der Waals surface area contributed by atoms with Crippen LogP contribution in [0.15, 0.2) is 0 Å². The lowest BCUT2D eigenvalue weighted by atomic mass is 9.93. The Labute approximate surface area is 82.8 Å². The summed E-state index contributed by atoms with van der Waals surface area (Å²) in [6, 6.07) is 0. The van der Waals surface area contributed by atoms with Crippen LogP contribution in [0.3, 0.4) is 0 Å². The topological polar surface area (TPSA) is 35.2 Å². The van der Waals surface area contributed by atoms with Gasteiger partial charge < -0.3 is 10.5 Å². The van der Waals surface area contributed by atoms with Crippen LogP contribution >= 0.6 is 0 Å². The molecule has 1 unspecified atom stereocenters. The van der Waals surface area contributed by atoms with Gasteiger partial charge in [0.1, 0.15) is 0 Å². The Kier molecular flexibility index (Phi) is 4.93. The average Bonchev–Trinajstić information content (AvgIpc) is 2.02. The van der Waals surface area contributed by atoms with E-state index in [1.807, 2.05) is 0 Å². The summed E-state index contributed by atoms with van der Waals surface area (Å²) in [5.41, 5.74) is 5.87. The molecule has 0 aromatic carbocycles. The van der Waals surface area contributed by atoms with Crippen LogP contribution in [-0.4, -0.2) is 18.8 Å². The largest absolute Gasteiger partial charge is 0.374 e. The van der Waals surface area contributed by atoms with Gasteiger partial charge in [0.05, 0.1) is 5.60 Å².